The van der Waals surface area contributed by atoms with Crippen molar-refractivity contribution in [3.63, 3.8) is 0 Å². The number of aromatic carboxylic acids is 1. The van der Waals surface area contributed by atoms with Crippen LogP contribution in [0.1, 0.15) is 30.0 Å². The monoisotopic (exact) mass is 480 g/mol. The van der Waals surface area contributed by atoms with Crippen LogP contribution in [0, 0.1) is 5.92 Å². The number of rotatable bonds is 6. The van der Waals surface area contributed by atoms with Crippen LogP contribution >= 0.6 is 23.4 Å². The summed E-state index contributed by atoms with van der Waals surface area (Å²) < 4.78 is 5.89. The molecule has 1 N–H and O–H groups in total. The smallest absolute Gasteiger partial charge is 0.337 e. The number of carboxylic acid groups (broad SMARTS) is 1. The number of benzene rings is 2. The third-order valence-corrected chi connectivity index (χ3v) is 6.13. The van der Waals surface area contributed by atoms with Crippen molar-refractivity contribution in [2.75, 3.05) is 6.54 Å². The molecule has 1 aromatic heterocycles. The largest absolute Gasteiger partial charge is 0.478 e. The maximum absolute atomic E-state index is 13.1. The third-order valence-electron chi connectivity index (χ3n) is 4.80. The fourth-order valence-electron chi connectivity index (χ4n) is 3.29. The second-order valence-corrected chi connectivity index (χ2v) is 9.27. The van der Waals surface area contributed by atoms with E-state index in [1.54, 1.807) is 29.2 Å². The van der Waals surface area contributed by atoms with Gasteiger partial charge in [-0.2, -0.15) is 0 Å². The number of furan rings is 1. The first-order valence-electron chi connectivity index (χ1n) is 10.3. The number of para-hydroxylation sites is 1. The lowest BCUT2D eigenvalue weighted by Crippen LogP contribution is -2.32. The number of amides is 1. The Morgan fingerprint density at radius 2 is 1.94 bits per heavy atom. The molecule has 1 amide bonds. The number of carboxylic acids is 1. The summed E-state index contributed by atoms with van der Waals surface area (Å²) in [5.74, 6) is 0.00500. The summed E-state index contributed by atoms with van der Waals surface area (Å²) in [5.41, 5.74) is 1.36. The molecule has 4 rings (SSSR count). The van der Waals surface area contributed by atoms with E-state index in [1.807, 2.05) is 30.3 Å². The number of carbonyl (C=O) groups is 2. The Hall–Kier alpha value is -3.29. The molecule has 0 unspecified atom stereocenters. The molecule has 1 fully saturated rings. The Labute approximate surface area is 200 Å². The maximum Gasteiger partial charge on any atom is 0.337 e. The number of nitrogens with zero attached hydrogens (tertiary/aromatic N) is 2. The summed E-state index contributed by atoms with van der Waals surface area (Å²) >= 11 is 7.26. The number of amidine groups is 1. The Morgan fingerprint density at radius 3 is 2.64 bits per heavy atom. The molecule has 2 aromatic carbocycles. The first kappa shape index (κ1) is 22.9. The Balaban J connectivity index is 1.64. The zero-order chi connectivity index (χ0) is 23.5. The van der Waals surface area contributed by atoms with E-state index in [-0.39, 0.29) is 22.4 Å². The predicted octanol–water partition coefficient (Wildman–Crippen LogP) is 6.56. The van der Waals surface area contributed by atoms with E-state index < -0.39 is 5.97 Å². The minimum absolute atomic E-state index is 0.00177. The van der Waals surface area contributed by atoms with Gasteiger partial charge in [0.2, 0.25) is 0 Å². The van der Waals surface area contributed by atoms with Crippen LogP contribution in [0.5, 0.6) is 0 Å². The topological polar surface area (TPSA) is 83.1 Å². The van der Waals surface area contributed by atoms with E-state index in [1.165, 1.54) is 23.9 Å². The number of aliphatic imine (C=N–C) groups is 1. The first-order chi connectivity index (χ1) is 15.8. The Bertz CT molecular complexity index is 1260. The van der Waals surface area contributed by atoms with Crippen LogP contribution in [0.15, 0.2) is 75.0 Å². The third kappa shape index (κ3) is 5.21. The molecule has 8 heteroatoms. The molecule has 0 radical (unpaired) electrons. The molecule has 3 aromatic rings. The van der Waals surface area contributed by atoms with Crippen molar-refractivity contribution < 1.29 is 19.1 Å². The second-order valence-electron chi connectivity index (χ2n) is 7.85. The summed E-state index contributed by atoms with van der Waals surface area (Å²) in [6.07, 6.45) is 1.69. The molecule has 0 aliphatic carbocycles. The average molecular weight is 481 g/mol. The van der Waals surface area contributed by atoms with E-state index in [9.17, 15) is 14.7 Å². The highest BCUT2D eigenvalue weighted by Crippen LogP contribution is 2.35. The molecule has 1 aliphatic rings. The van der Waals surface area contributed by atoms with E-state index in [4.69, 9.17) is 16.0 Å². The standard InChI is InChI=1S/C25H21ClN2O4S/c1-15(2)14-28-23(29)22(33-25(28)27-17-6-4-3-5-7-17)13-18-9-11-21(32-18)16-8-10-20(26)19(12-16)24(30)31/h3-13,15H,14H2,1-2H3,(H,30,31)/b22-13+,27-25?. The van der Waals surface area contributed by atoms with Gasteiger partial charge in [0.15, 0.2) is 5.17 Å². The van der Waals surface area contributed by atoms with Gasteiger partial charge in [0, 0.05) is 18.2 Å². The molecule has 0 spiro atoms. The molecule has 33 heavy (non-hydrogen) atoms. The quantitative estimate of drug-likeness (QED) is 0.404. The normalized spacial score (nSPS) is 16.4. The molecule has 2 heterocycles. The molecule has 0 bridgehead atoms. The summed E-state index contributed by atoms with van der Waals surface area (Å²) in [7, 11) is 0. The fraction of sp³-hybridized carbons (Fsp3) is 0.160. The first-order valence-corrected chi connectivity index (χ1v) is 11.5. The van der Waals surface area contributed by atoms with Crippen LogP contribution in [0.3, 0.4) is 0 Å². The van der Waals surface area contributed by atoms with Crippen molar-refractivity contribution >= 4 is 52.2 Å². The lowest BCUT2D eigenvalue weighted by Gasteiger charge is -2.17. The van der Waals surface area contributed by atoms with Crippen LogP contribution in [0.25, 0.3) is 17.4 Å². The lowest BCUT2D eigenvalue weighted by molar-refractivity contribution is -0.122. The van der Waals surface area contributed by atoms with Crippen LogP contribution in [0.2, 0.25) is 5.02 Å². The highest BCUT2D eigenvalue weighted by atomic mass is 35.5. The maximum atomic E-state index is 13.1. The van der Waals surface area contributed by atoms with Crippen LogP contribution in [-0.4, -0.2) is 33.6 Å². The summed E-state index contributed by atoms with van der Waals surface area (Å²) in [4.78, 5) is 31.3. The SMILES string of the molecule is CC(C)CN1C(=O)/C(=C\c2ccc(-c3ccc(Cl)c(C(=O)O)c3)o2)SC1=Nc1ccccc1. The molecule has 6 nitrogen and oxygen atoms in total. The second kappa shape index (κ2) is 9.68. The molecule has 1 aliphatic heterocycles. The van der Waals surface area contributed by atoms with Gasteiger partial charge in [0.05, 0.1) is 21.2 Å². The molecular formula is C25H21ClN2O4S. The number of halogens is 1. The summed E-state index contributed by atoms with van der Waals surface area (Å²) in [6, 6.07) is 17.7. The van der Waals surface area contributed by atoms with Crippen molar-refractivity contribution in [3.05, 3.63) is 81.9 Å². The van der Waals surface area contributed by atoms with Crippen LogP contribution in [-0.2, 0) is 4.79 Å². The van der Waals surface area contributed by atoms with Crippen molar-refractivity contribution in [2.24, 2.45) is 10.9 Å². The van der Waals surface area contributed by atoms with Crippen molar-refractivity contribution in [1.29, 1.82) is 0 Å². The van der Waals surface area contributed by atoms with Gasteiger partial charge in [-0.1, -0.05) is 43.6 Å². The number of thioether (sulfide) groups is 1. The average Bonchev–Trinajstić information content (AvgIpc) is 3.35. The van der Waals surface area contributed by atoms with Gasteiger partial charge in [-0.15, -0.1) is 0 Å². The van der Waals surface area contributed by atoms with Crippen LogP contribution < -0.4 is 0 Å². The predicted molar refractivity (Wildman–Crippen MR) is 132 cm³/mol. The van der Waals surface area contributed by atoms with Gasteiger partial charge in [-0.05, 0) is 60.1 Å². The van der Waals surface area contributed by atoms with Crippen molar-refractivity contribution in [2.45, 2.75) is 13.8 Å². The van der Waals surface area contributed by atoms with Crippen molar-refractivity contribution in [1.82, 2.24) is 4.90 Å². The molecule has 0 saturated carbocycles. The highest BCUT2D eigenvalue weighted by Gasteiger charge is 2.34. The van der Waals surface area contributed by atoms with E-state index in [0.29, 0.717) is 33.7 Å². The highest BCUT2D eigenvalue weighted by molar-refractivity contribution is 8.18. The van der Waals surface area contributed by atoms with Gasteiger partial charge in [-0.3, -0.25) is 9.69 Å². The number of hydrogen-bond acceptors (Lipinski definition) is 5. The fourth-order valence-corrected chi connectivity index (χ4v) is 4.47. The van der Waals surface area contributed by atoms with E-state index in [0.717, 1.165) is 5.69 Å². The summed E-state index contributed by atoms with van der Waals surface area (Å²) in [5, 5.41) is 10.1. The molecular weight excluding hydrogens is 460 g/mol. The van der Waals surface area contributed by atoms with Crippen molar-refractivity contribution in [3.8, 4) is 11.3 Å². The van der Waals surface area contributed by atoms with E-state index in [2.05, 4.69) is 18.8 Å². The minimum atomic E-state index is -1.11. The zero-order valence-corrected chi connectivity index (χ0v) is 19.6. The minimum Gasteiger partial charge on any atom is -0.478 e. The Morgan fingerprint density at radius 1 is 1.18 bits per heavy atom. The van der Waals surface area contributed by atoms with Gasteiger partial charge in [0.25, 0.3) is 5.91 Å². The van der Waals surface area contributed by atoms with Crippen LogP contribution in [0.4, 0.5) is 5.69 Å². The molecule has 1 saturated heterocycles. The molecule has 168 valence electrons. The lowest BCUT2D eigenvalue weighted by atomic mass is 10.1. The Kier molecular flexibility index (Phi) is 6.72. The van der Waals surface area contributed by atoms with Gasteiger partial charge < -0.3 is 9.52 Å². The van der Waals surface area contributed by atoms with E-state index >= 15 is 0 Å². The zero-order valence-electron chi connectivity index (χ0n) is 18.0. The van der Waals surface area contributed by atoms with Gasteiger partial charge in [0.1, 0.15) is 11.5 Å². The van der Waals surface area contributed by atoms with Gasteiger partial charge in [-0.25, -0.2) is 9.79 Å². The number of carbonyl (C=O) groups excluding carboxylic acids is 1. The summed E-state index contributed by atoms with van der Waals surface area (Å²) in [6.45, 7) is 4.66. The van der Waals surface area contributed by atoms with Gasteiger partial charge >= 0.3 is 5.97 Å². The number of hydrogen-bond donors (Lipinski definition) is 1. The molecule has 0 atom stereocenters.